The van der Waals surface area contributed by atoms with Gasteiger partial charge in [0.1, 0.15) is 5.75 Å². The Morgan fingerprint density at radius 1 is 1.08 bits per heavy atom. The molecule has 3 rings (SSSR count). The Hall–Kier alpha value is -2.53. The van der Waals surface area contributed by atoms with E-state index >= 15 is 0 Å². The quantitative estimate of drug-likeness (QED) is 0.907. The lowest BCUT2D eigenvalue weighted by Crippen LogP contribution is -2.48. The van der Waals surface area contributed by atoms with E-state index in [1.54, 1.807) is 12.1 Å². The number of phenols is 1. The molecule has 0 saturated carbocycles. The highest BCUT2D eigenvalue weighted by Crippen LogP contribution is 2.21. The molecular formula is C19H23N3O2. The molecule has 24 heavy (non-hydrogen) atoms. The molecule has 1 aliphatic rings. The fourth-order valence-electron chi connectivity index (χ4n) is 2.98. The molecule has 0 atom stereocenters. The van der Waals surface area contributed by atoms with Gasteiger partial charge in [0.2, 0.25) is 5.91 Å². The number of aryl methyl sites for hydroxylation is 1. The minimum Gasteiger partial charge on any atom is -0.508 e. The van der Waals surface area contributed by atoms with E-state index in [1.807, 2.05) is 43.3 Å². The zero-order valence-electron chi connectivity index (χ0n) is 13.9. The number of rotatable bonds is 4. The van der Waals surface area contributed by atoms with Gasteiger partial charge in [0, 0.05) is 43.6 Å². The molecule has 1 fully saturated rings. The molecule has 2 aromatic carbocycles. The monoisotopic (exact) mass is 325 g/mol. The van der Waals surface area contributed by atoms with Gasteiger partial charge in [-0.3, -0.25) is 9.69 Å². The Kier molecular flexibility index (Phi) is 5.01. The number of nitrogens with zero attached hydrogens (tertiary/aromatic N) is 2. The molecule has 0 aromatic heterocycles. The number of nitrogens with one attached hydrogen (secondary N) is 1. The van der Waals surface area contributed by atoms with Crippen molar-refractivity contribution in [2.45, 2.75) is 6.92 Å². The van der Waals surface area contributed by atoms with Gasteiger partial charge in [0.05, 0.1) is 6.54 Å². The van der Waals surface area contributed by atoms with E-state index in [0.717, 1.165) is 43.1 Å². The zero-order valence-corrected chi connectivity index (χ0v) is 13.9. The second-order valence-electron chi connectivity index (χ2n) is 6.20. The number of carbonyl (C=O) groups is 1. The topological polar surface area (TPSA) is 55.8 Å². The van der Waals surface area contributed by atoms with Gasteiger partial charge >= 0.3 is 0 Å². The third kappa shape index (κ3) is 4.26. The predicted molar refractivity (Wildman–Crippen MR) is 96.6 cm³/mol. The Morgan fingerprint density at radius 3 is 2.54 bits per heavy atom. The molecule has 1 saturated heterocycles. The molecule has 126 valence electrons. The standard InChI is InChI=1S/C19H23N3O2/c1-15-4-2-5-16(12-15)20-19(24)14-21-8-10-22(11-9-21)17-6-3-7-18(23)13-17/h2-7,12-13,23H,8-11,14H2,1H3,(H,20,24). The van der Waals surface area contributed by atoms with Crippen LogP contribution in [-0.4, -0.2) is 48.6 Å². The number of anilines is 2. The summed E-state index contributed by atoms with van der Waals surface area (Å²) < 4.78 is 0. The molecule has 1 amide bonds. The van der Waals surface area contributed by atoms with Crippen LogP contribution in [0.4, 0.5) is 11.4 Å². The smallest absolute Gasteiger partial charge is 0.238 e. The molecule has 5 heteroatoms. The van der Waals surface area contributed by atoms with Crippen LogP contribution in [0.5, 0.6) is 5.75 Å². The summed E-state index contributed by atoms with van der Waals surface area (Å²) in [5.74, 6) is 0.305. The third-order valence-electron chi connectivity index (χ3n) is 4.24. The van der Waals surface area contributed by atoms with Crippen LogP contribution in [0.3, 0.4) is 0 Å². The van der Waals surface area contributed by atoms with Gasteiger partial charge in [-0.2, -0.15) is 0 Å². The number of aromatic hydroxyl groups is 1. The number of hydrogen-bond donors (Lipinski definition) is 2. The molecule has 0 spiro atoms. The lowest BCUT2D eigenvalue weighted by Gasteiger charge is -2.35. The number of carbonyl (C=O) groups excluding carboxylic acids is 1. The fraction of sp³-hybridized carbons (Fsp3) is 0.316. The van der Waals surface area contributed by atoms with E-state index in [-0.39, 0.29) is 11.7 Å². The van der Waals surface area contributed by atoms with Crippen molar-refractivity contribution in [1.29, 1.82) is 0 Å². The van der Waals surface area contributed by atoms with Gasteiger partial charge in [-0.25, -0.2) is 0 Å². The lowest BCUT2D eigenvalue weighted by atomic mass is 10.2. The maximum absolute atomic E-state index is 12.2. The Labute approximate surface area is 142 Å². The van der Waals surface area contributed by atoms with Crippen LogP contribution in [0.1, 0.15) is 5.56 Å². The molecule has 2 N–H and O–H groups in total. The van der Waals surface area contributed by atoms with Gasteiger partial charge in [-0.15, -0.1) is 0 Å². The largest absolute Gasteiger partial charge is 0.508 e. The second kappa shape index (κ2) is 7.36. The van der Waals surface area contributed by atoms with Crippen molar-refractivity contribution < 1.29 is 9.90 Å². The molecule has 1 heterocycles. The van der Waals surface area contributed by atoms with Gasteiger partial charge in [0.15, 0.2) is 0 Å². The van der Waals surface area contributed by atoms with Gasteiger partial charge < -0.3 is 15.3 Å². The molecule has 0 unspecified atom stereocenters. The van der Waals surface area contributed by atoms with Crippen LogP contribution in [0.2, 0.25) is 0 Å². The van der Waals surface area contributed by atoms with E-state index in [9.17, 15) is 9.90 Å². The van der Waals surface area contributed by atoms with Gasteiger partial charge in [-0.05, 0) is 36.8 Å². The first kappa shape index (κ1) is 16.3. The van der Waals surface area contributed by atoms with E-state index in [1.165, 1.54) is 0 Å². The molecular weight excluding hydrogens is 302 g/mol. The predicted octanol–water partition coefficient (Wildman–Crippen LogP) is 2.46. The Bertz CT molecular complexity index is 709. The first-order chi connectivity index (χ1) is 11.6. The van der Waals surface area contributed by atoms with Crippen LogP contribution < -0.4 is 10.2 Å². The van der Waals surface area contributed by atoms with Crippen molar-refractivity contribution in [3.63, 3.8) is 0 Å². The SMILES string of the molecule is Cc1cccc(NC(=O)CN2CCN(c3cccc(O)c3)CC2)c1. The maximum atomic E-state index is 12.2. The molecule has 5 nitrogen and oxygen atoms in total. The number of amides is 1. The summed E-state index contributed by atoms with van der Waals surface area (Å²) in [5, 5.41) is 12.5. The maximum Gasteiger partial charge on any atom is 0.238 e. The van der Waals surface area contributed by atoms with Crippen LogP contribution in [0.15, 0.2) is 48.5 Å². The lowest BCUT2D eigenvalue weighted by molar-refractivity contribution is -0.117. The highest BCUT2D eigenvalue weighted by Gasteiger charge is 2.19. The fourth-order valence-corrected chi connectivity index (χ4v) is 2.98. The summed E-state index contributed by atoms with van der Waals surface area (Å²) in [6.45, 7) is 5.77. The van der Waals surface area contributed by atoms with Crippen molar-refractivity contribution in [3.8, 4) is 5.75 Å². The molecule has 0 radical (unpaired) electrons. The number of hydrogen-bond acceptors (Lipinski definition) is 4. The van der Waals surface area contributed by atoms with Crippen molar-refractivity contribution in [2.75, 3.05) is 42.9 Å². The van der Waals surface area contributed by atoms with Crippen LogP contribution in [-0.2, 0) is 4.79 Å². The normalized spacial score (nSPS) is 15.3. The number of phenolic OH excluding ortho intramolecular Hbond substituents is 1. The summed E-state index contributed by atoms with van der Waals surface area (Å²) in [7, 11) is 0. The van der Waals surface area contributed by atoms with Crippen molar-refractivity contribution in [1.82, 2.24) is 4.90 Å². The highest BCUT2D eigenvalue weighted by atomic mass is 16.3. The van der Waals surface area contributed by atoms with E-state index in [2.05, 4.69) is 15.1 Å². The summed E-state index contributed by atoms with van der Waals surface area (Å²) >= 11 is 0. The van der Waals surface area contributed by atoms with Crippen LogP contribution in [0, 0.1) is 6.92 Å². The molecule has 2 aromatic rings. The summed E-state index contributed by atoms with van der Waals surface area (Å²) in [6.07, 6.45) is 0. The summed E-state index contributed by atoms with van der Waals surface area (Å²) in [6, 6.07) is 15.1. The van der Waals surface area contributed by atoms with Gasteiger partial charge in [-0.1, -0.05) is 18.2 Å². The first-order valence-electron chi connectivity index (χ1n) is 8.23. The summed E-state index contributed by atoms with van der Waals surface area (Å²) in [4.78, 5) is 16.6. The van der Waals surface area contributed by atoms with Crippen LogP contribution in [0.25, 0.3) is 0 Å². The van der Waals surface area contributed by atoms with Crippen molar-refractivity contribution in [3.05, 3.63) is 54.1 Å². The molecule has 0 aliphatic carbocycles. The highest BCUT2D eigenvalue weighted by molar-refractivity contribution is 5.92. The van der Waals surface area contributed by atoms with Crippen molar-refractivity contribution >= 4 is 17.3 Å². The minimum atomic E-state index is 0.0198. The average molecular weight is 325 g/mol. The van der Waals surface area contributed by atoms with Crippen LogP contribution >= 0.6 is 0 Å². The first-order valence-corrected chi connectivity index (χ1v) is 8.23. The Balaban J connectivity index is 1.49. The molecule has 1 aliphatic heterocycles. The van der Waals surface area contributed by atoms with E-state index in [0.29, 0.717) is 6.54 Å². The molecule has 0 bridgehead atoms. The number of piperazine rings is 1. The third-order valence-corrected chi connectivity index (χ3v) is 4.24. The average Bonchev–Trinajstić information content (AvgIpc) is 2.55. The second-order valence-corrected chi connectivity index (χ2v) is 6.20. The van der Waals surface area contributed by atoms with Gasteiger partial charge in [0.25, 0.3) is 0 Å². The number of benzene rings is 2. The zero-order chi connectivity index (χ0) is 16.9. The van der Waals surface area contributed by atoms with Crippen molar-refractivity contribution in [2.24, 2.45) is 0 Å². The Morgan fingerprint density at radius 2 is 1.83 bits per heavy atom. The minimum absolute atomic E-state index is 0.0198. The summed E-state index contributed by atoms with van der Waals surface area (Å²) in [5.41, 5.74) is 3.00. The van der Waals surface area contributed by atoms with E-state index < -0.39 is 0 Å². The van der Waals surface area contributed by atoms with E-state index in [4.69, 9.17) is 0 Å².